The summed E-state index contributed by atoms with van der Waals surface area (Å²) < 4.78 is 2.13. The van der Waals surface area contributed by atoms with E-state index in [1.807, 2.05) is 43.3 Å². The maximum Gasteiger partial charge on any atom is 0.178 e. The Kier molecular flexibility index (Phi) is 3.01. The number of fused-ring (bicyclic) bond motifs is 3. The molecule has 2 heterocycles. The Balaban J connectivity index is 2.23. The first kappa shape index (κ1) is 13.7. The highest BCUT2D eigenvalue weighted by Crippen LogP contribution is 2.33. The van der Waals surface area contributed by atoms with Crippen molar-refractivity contribution in [3.63, 3.8) is 0 Å². The van der Waals surface area contributed by atoms with Gasteiger partial charge in [0.2, 0.25) is 0 Å². The number of aryl methyl sites for hydroxylation is 1. The summed E-state index contributed by atoms with van der Waals surface area (Å²) in [5, 5.41) is 2.26. The van der Waals surface area contributed by atoms with E-state index in [9.17, 15) is 4.79 Å². The molecule has 4 rings (SSSR count). The Hall–Kier alpha value is -2.94. The maximum atomic E-state index is 11.8. The van der Waals surface area contributed by atoms with Gasteiger partial charge in [0, 0.05) is 23.4 Å². The number of hydrogen-bond acceptors (Lipinski definition) is 2. The molecule has 0 N–H and O–H groups in total. The van der Waals surface area contributed by atoms with Gasteiger partial charge in [-0.05, 0) is 36.8 Å². The second-order valence-corrected chi connectivity index (χ2v) is 5.77. The summed E-state index contributed by atoms with van der Waals surface area (Å²) in [6.07, 6.45) is 0. The number of carbonyl (C=O) groups excluding carboxylic acids is 1. The third-order valence-electron chi connectivity index (χ3n) is 4.20. The highest BCUT2D eigenvalue weighted by atomic mass is 16.1. The lowest BCUT2D eigenvalue weighted by atomic mass is 10.1. The van der Waals surface area contributed by atoms with Gasteiger partial charge >= 0.3 is 0 Å². The van der Waals surface area contributed by atoms with Crippen LogP contribution in [0.3, 0.4) is 0 Å². The predicted molar refractivity (Wildman–Crippen MR) is 93.3 cm³/mol. The Labute approximate surface area is 134 Å². The fraction of sp³-hybridized carbons (Fsp3) is 0.100. The summed E-state index contributed by atoms with van der Waals surface area (Å²) in [6, 6.07) is 20.3. The fourth-order valence-corrected chi connectivity index (χ4v) is 3.16. The van der Waals surface area contributed by atoms with Crippen molar-refractivity contribution in [1.29, 1.82) is 0 Å². The molecule has 2 aromatic carbocycles. The van der Waals surface area contributed by atoms with Crippen molar-refractivity contribution in [1.82, 2.24) is 9.55 Å². The van der Waals surface area contributed by atoms with E-state index in [0.29, 0.717) is 5.69 Å². The average Bonchev–Trinajstić information content (AvgIpc) is 2.90. The normalized spacial score (nSPS) is 11.2. The molecule has 3 nitrogen and oxygen atoms in total. The standard InChI is InChI=1S/C20H16N2O/c1-13-12-17(14(2)23)21-20-19(13)16-10-6-7-11-18(16)22(20)15-8-4-3-5-9-15/h3-12H,1-2H3. The van der Waals surface area contributed by atoms with Gasteiger partial charge < -0.3 is 0 Å². The summed E-state index contributed by atoms with van der Waals surface area (Å²) >= 11 is 0. The van der Waals surface area contributed by atoms with E-state index in [-0.39, 0.29) is 5.78 Å². The first-order valence-corrected chi connectivity index (χ1v) is 7.64. The zero-order valence-corrected chi connectivity index (χ0v) is 13.1. The SMILES string of the molecule is CC(=O)c1cc(C)c2c3ccccc3n(-c3ccccc3)c2n1. The highest BCUT2D eigenvalue weighted by molar-refractivity contribution is 6.10. The fourth-order valence-electron chi connectivity index (χ4n) is 3.16. The van der Waals surface area contributed by atoms with Gasteiger partial charge in [-0.15, -0.1) is 0 Å². The molecule has 0 spiro atoms. The highest BCUT2D eigenvalue weighted by Gasteiger charge is 2.16. The monoisotopic (exact) mass is 300 g/mol. The second-order valence-electron chi connectivity index (χ2n) is 5.77. The van der Waals surface area contributed by atoms with Gasteiger partial charge in [-0.2, -0.15) is 0 Å². The van der Waals surface area contributed by atoms with Crippen molar-refractivity contribution in [3.05, 3.63) is 71.9 Å². The molecule has 0 atom stereocenters. The zero-order chi connectivity index (χ0) is 16.0. The molecule has 2 aromatic heterocycles. The molecule has 0 bridgehead atoms. The van der Waals surface area contributed by atoms with Crippen LogP contribution in [-0.2, 0) is 0 Å². The Morgan fingerprint density at radius 2 is 1.70 bits per heavy atom. The van der Waals surface area contributed by atoms with Crippen LogP contribution < -0.4 is 0 Å². The number of hydrogen-bond donors (Lipinski definition) is 0. The summed E-state index contributed by atoms with van der Waals surface area (Å²) in [7, 11) is 0. The minimum Gasteiger partial charge on any atom is -0.294 e. The van der Waals surface area contributed by atoms with Gasteiger partial charge in [0.15, 0.2) is 5.78 Å². The molecule has 0 saturated heterocycles. The van der Waals surface area contributed by atoms with Crippen molar-refractivity contribution in [2.24, 2.45) is 0 Å². The first-order chi connectivity index (χ1) is 11.2. The van der Waals surface area contributed by atoms with Crippen LogP contribution in [0.15, 0.2) is 60.7 Å². The van der Waals surface area contributed by atoms with Gasteiger partial charge in [-0.3, -0.25) is 9.36 Å². The van der Waals surface area contributed by atoms with Crippen LogP contribution in [0.5, 0.6) is 0 Å². The van der Waals surface area contributed by atoms with Crippen molar-refractivity contribution in [3.8, 4) is 5.69 Å². The quantitative estimate of drug-likeness (QED) is 0.503. The number of benzene rings is 2. The summed E-state index contributed by atoms with van der Waals surface area (Å²) in [5.41, 5.74) is 4.57. The molecule has 0 aliphatic rings. The molecule has 0 amide bonds. The molecule has 0 aliphatic heterocycles. The predicted octanol–water partition coefficient (Wildman–Crippen LogP) is 4.69. The van der Waals surface area contributed by atoms with Gasteiger partial charge in [0.25, 0.3) is 0 Å². The van der Waals surface area contributed by atoms with Crippen LogP contribution >= 0.6 is 0 Å². The van der Waals surface area contributed by atoms with E-state index in [0.717, 1.165) is 33.2 Å². The topological polar surface area (TPSA) is 34.9 Å². The van der Waals surface area contributed by atoms with E-state index in [4.69, 9.17) is 0 Å². The van der Waals surface area contributed by atoms with Crippen LogP contribution in [0.1, 0.15) is 23.0 Å². The molecule has 0 fully saturated rings. The van der Waals surface area contributed by atoms with Gasteiger partial charge in [0.1, 0.15) is 11.3 Å². The number of carbonyl (C=O) groups is 1. The minimum atomic E-state index is -0.0140. The Morgan fingerprint density at radius 3 is 2.43 bits per heavy atom. The van der Waals surface area contributed by atoms with Gasteiger partial charge in [0.05, 0.1) is 5.52 Å². The van der Waals surface area contributed by atoms with Gasteiger partial charge in [-0.1, -0.05) is 36.4 Å². The average molecular weight is 300 g/mol. The van der Waals surface area contributed by atoms with E-state index >= 15 is 0 Å². The number of Topliss-reactive ketones (excluding diaryl/α,β-unsaturated/α-hetero) is 1. The molecule has 112 valence electrons. The van der Waals surface area contributed by atoms with Crippen LogP contribution in [0.25, 0.3) is 27.6 Å². The van der Waals surface area contributed by atoms with Crippen molar-refractivity contribution in [2.75, 3.05) is 0 Å². The van der Waals surface area contributed by atoms with Crippen molar-refractivity contribution in [2.45, 2.75) is 13.8 Å². The summed E-state index contributed by atoms with van der Waals surface area (Å²) in [5.74, 6) is -0.0140. The molecule has 0 aliphatic carbocycles. The molecule has 0 radical (unpaired) electrons. The zero-order valence-electron chi connectivity index (χ0n) is 13.1. The number of pyridine rings is 1. The van der Waals surface area contributed by atoms with Crippen LogP contribution in [0, 0.1) is 6.92 Å². The Morgan fingerprint density at radius 1 is 1.00 bits per heavy atom. The van der Waals surface area contributed by atoms with E-state index in [1.165, 1.54) is 0 Å². The molecule has 3 heteroatoms. The van der Waals surface area contributed by atoms with Crippen LogP contribution in [0.4, 0.5) is 0 Å². The lowest BCUT2D eigenvalue weighted by Gasteiger charge is -2.07. The largest absolute Gasteiger partial charge is 0.294 e. The summed E-state index contributed by atoms with van der Waals surface area (Å²) in [6.45, 7) is 3.60. The van der Waals surface area contributed by atoms with Crippen molar-refractivity contribution < 1.29 is 4.79 Å². The minimum absolute atomic E-state index is 0.0140. The number of rotatable bonds is 2. The van der Waals surface area contributed by atoms with Crippen LogP contribution in [-0.4, -0.2) is 15.3 Å². The number of ketones is 1. The first-order valence-electron chi connectivity index (χ1n) is 7.64. The lowest BCUT2D eigenvalue weighted by Crippen LogP contribution is -2.01. The number of para-hydroxylation sites is 2. The van der Waals surface area contributed by atoms with E-state index in [2.05, 4.69) is 33.8 Å². The van der Waals surface area contributed by atoms with Crippen molar-refractivity contribution >= 4 is 27.7 Å². The molecular formula is C20H16N2O. The molecule has 4 aromatic rings. The van der Waals surface area contributed by atoms with E-state index < -0.39 is 0 Å². The third-order valence-corrected chi connectivity index (χ3v) is 4.20. The summed E-state index contributed by atoms with van der Waals surface area (Å²) in [4.78, 5) is 16.5. The number of aromatic nitrogens is 2. The second kappa shape index (κ2) is 5.06. The molecular weight excluding hydrogens is 284 g/mol. The molecule has 0 saturated carbocycles. The third kappa shape index (κ3) is 2.05. The molecule has 23 heavy (non-hydrogen) atoms. The Bertz CT molecular complexity index is 1050. The van der Waals surface area contributed by atoms with Gasteiger partial charge in [-0.25, -0.2) is 4.98 Å². The lowest BCUT2D eigenvalue weighted by molar-refractivity contribution is 0.101. The number of nitrogens with zero attached hydrogens (tertiary/aromatic N) is 2. The maximum absolute atomic E-state index is 11.8. The molecule has 0 unspecified atom stereocenters. The van der Waals surface area contributed by atoms with Crippen LogP contribution in [0.2, 0.25) is 0 Å². The smallest absolute Gasteiger partial charge is 0.178 e. The van der Waals surface area contributed by atoms with E-state index in [1.54, 1.807) is 6.92 Å².